The minimum Gasteiger partial charge on any atom is -0.375 e. The predicted octanol–water partition coefficient (Wildman–Crippen LogP) is 4.57. The van der Waals surface area contributed by atoms with Gasteiger partial charge in [0.1, 0.15) is 11.6 Å². The molecule has 0 heterocycles. The van der Waals surface area contributed by atoms with Gasteiger partial charge in [-0.05, 0) is 30.3 Å². The highest BCUT2D eigenvalue weighted by Gasteiger charge is 2.12. The molecule has 104 valence electrons. The van der Waals surface area contributed by atoms with Crippen LogP contribution in [0.1, 0.15) is 10.4 Å². The van der Waals surface area contributed by atoms with Crippen molar-refractivity contribution in [3.05, 3.63) is 63.6 Å². The number of benzene rings is 2. The summed E-state index contributed by atoms with van der Waals surface area (Å²) >= 11 is 11.6. The molecule has 2 aromatic rings. The van der Waals surface area contributed by atoms with E-state index >= 15 is 0 Å². The molecule has 0 aliphatic rings. The van der Waals surface area contributed by atoms with E-state index in [1.165, 1.54) is 18.2 Å². The molecule has 1 N–H and O–H groups in total. The minimum absolute atomic E-state index is 0.0461. The first-order valence-electron chi connectivity index (χ1n) is 5.64. The molecule has 6 heteroatoms. The van der Waals surface area contributed by atoms with Crippen molar-refractivity contribution in [3.63, 3.8) is 0 Å². The summed E-state index contributed by atoms with van der Waals surface area (Å²) in [4.78, 5) is 11.9. The molecule has 0 unspecified atom stereocenters. The molecular weight excluding hydrogens is 307 g/mol. The van der Waals surface area contributed by atoms with Crippen LogP contribution >= 0.6 is 23.2 Å². The fourth-order valence-corrected chi connectivity index (χ4v) is 2.13. The quantitative estimate of drug-likeness (QED) is 0.837. The van der Waals surface area contributed by atoms with Crippen LogP contribution in [0.25, 0.3) is 0 Å². The van der Waals surface area contributed by atoms with Crippen molar-refractivity contribution in [2.24, 2.45) is 0 Å². The lowest BCUT2D eigenvalue weighted by Crippen LogP contribution is -2.15. The van der Waals surface area contributed by atoms with E-state index in [1.807, 2.05) is 0 Å². The number of hydrogen-bond donors (Lipinski definition) is 1. The Bertz CT molecular complexity index is 662. The number of halogens is 4. The first-order valence-corrected chi connectivity index (χ1v) is 6.40. The number of hydrogen-bond acceptors (Lipinski definition) is 2. The van der Waals surface area contributed by atoms with E-state index in [1.54, 1.807) is 6.07 Å². The number of ketones is 1. The molecule has 0 fully saturated rings. The van der Waals surface area contributed by atoms with Crippen molar-refractivity contribution < 1.29 is 13.6 Å². The van der Waals surface area contributed by atoms with Gasteiger partial charge in [-0.15, -0.1) is 0 Å². The van der Waals surface area contributed by atoms with Gasteiger partial charge in [0.05, 0.1) is 17.3 Å². The van der Waals surface area contributed by atoms with Crippen LogP contribution in [-0.4, -0.2) is 12.3 Å². The molecular formula is C14H9Cl2F2NO. The van der Waals surface area contributed by atoms with Gasteiger partial charge in [-0.25, -0.2) is 8.78 Å². The predicted molar refractivity (Wildman–Crippen MR) is 75.6 cm³/mol. The molecule has 2 nitrogen and oxygen atoms in total. The maximum atomic E-state index is 13.4. The monoisotopic (exact) mass is 315 g/mol. The highest BCUT2D eigenvalue weighted by Crippen LogP contribution is 2.22. The summed E-state index contributed by atoms with van der Waals surface area (Å²) in [7, 11) is 0. The van der Waals surface area contributed by atoms with Gasteiger partial charge < -0.3 is 5.32 Å². The van der Waals surface area contributed by atoms with Gasteiger partial charge in [-0.2, -0.15) is 0 Å². The second kappa shape index (κ2) is 6.20. The number of rotatable bonds is 4. The SMILES string of the molecule is O=C(CNc1ccc(F)cc1F)c1ccc(Cl)cc1Cl. The molecule has 2 rings (SSSR count). The fourth-order valence-electron chi connectivity index (χ4n) is 1.62. The Morgan fingerprint density at radius 3 is 2.50 bits per heavy atom. The third kappa shape index (κ3) is 3.46. The number of anilines is 1. The lowest BCUT2D eigenvalue weighted by Gasteiger charge is -2.08. The molecule has 0 spiro atoms. The van der Waals surface area contributed by atoms with Crippen molar-refractivity contribution >= 4 is 34.7 Å². The van der Waals surface area contributed by atoms with Crippen LogP contribution in [0.5, 0.6) is 0 Å². The van der Waals surface area contributed by atoms with E-state index < -0.39 is 11.6 Å². The van der Waals surface area contributed by atoms with Gasteiger partial charge in [-0.3, -0.25) is 4.79 Å². The average Bonchev–Trinajstić information content (AvgIpc) is 2.37. The molecule has 0 saturated carbocycles. The smallest absolute Gasteiger partial charge is 0.183 e. The van der Waals surface area contributed by atoms with E-state index in [-0.39, 0.29) is 28.6 Å². The van der Waals surface area contributed by atoms with Crippen LogP contribution in [-0.2, 0) is 0 Å². The van der Waals surface area contributed by atoms with Crippen LogP contribution in [0, 0.1) is 11.6 Å². The Kier molecular flexibility index (Phi) is 4.57. The van der Waals surface area contributed by atoms with Crippen molar-refractivity contribution in [3.8, 4) is 0 Å². The summed E-state index contributed by atoms with van der Waals surface area (Å²) in [5.74, 6) is -1.77. The van der Waals surface area contributed by atoms with Crippen LogP contribution in [0.2, 0.25) is 10.0 Å². The molecule has 0 amide bonds. The summed E-state index contributed by atoms with van der Waals surface area (Å²) in [6.45, 7) is -0.163. The van der Waals surface area contributed by atoms with Gasteiger partial charge in [0.15, 0.2) is 5.78 Å². The van der Waals surface area contributed by atoms with Crippen molar-refractivity contribution in [2.75, 3.05) is 11.9 Å². The summed E-state index contributed by atoms with van der Waals surface area (Å²) in [6, 6.07) is 7.55. The van der Waals surface area contributed by atoms with Crippen molar-refractivity contribution in [1.29, 1.82) is 0 Å². The zero-order chi connectivity index (χ0) is 14.7. The maximum absolute atomic E-state index is 13.4. The molecule has 0 bridgehead atoms. The summed E-state index contributed by atoms with van der Waals surface area (Å²) in [6.07, 6.45) is 0. The molecule has 0 aliphatic heterocycles. The Morgan fingerprint density at radius 2 is 1.85 bits per heavy atom. The number of carbonyl (C=O) groups is 1. The zero-order valence-electron chi connectivity index (χ0n) is 10.1. The molecule has 20 heavy (non-hydrogen) atoms. The van der Waals surface area contributed by atoms with Gasteiger partial charge >= 0.3 is 0 Å². The third-order valence-electron chi connectivity index (χ3n) is 2.60. The molecule has 2 aromatic carbocycles. The van der Waals surface area contributed by atoms with Crippen LogP contribution in [0.4, 0.5) is 14.5 Å². The molecule has 0 atom stereocenters. The Balaban J connectivity index is 2.08. The second-order valence-corrected chi connectivity index (χ2v) is 4.87. The molecule has 0 saturated heterocycles. The number of nitrogens with one attached hydrogen (secondary N) is 1. The standard InChI is InChI=1S/C14H9Cl2F2NO/c15-8-1-3-10(11(16)5-8)14(20)7-19-13-4-2-9(17)6-12(13)18/h1-6,19H,7H2. The van der Waals surface area contributed by atoms with Crippen molar-refractivity contribution in [2.45, 2.75) is 0 Å². The van der Waals surface area contributed by atoms with E-state index in [0.717, 1.165) is 12.1 Å². The lowest BCUT2D eigenvalue weighted by molar-refractivity contribution is 0.101. The highest BCUT2D eigenvalue weighted by atomic mass is 35.5. The molecule has 0 aromatic heterocycles. The van der Waals surface area contributed by atoms with Crippen molar-refractivity contribution in [1.82, 2.24) is 0 Å². The highest BCUT2D eigenvalue weighted by molar-refractivity contribution is 6.36. The summed E-state index contributed by atoms with van der Waals surface area (Å²) in [5.41, 5.74) is 0.330. The fraction of sp³-hybridized carbons (Fsp3) is 0.0714. The van der Waals surface area contributed by atoms with Gasteiger partial charge in [0.25, 0.3) is 0 Å². The van der Waals surface area contributed by atoms with Crippen LogP contribution in [0.3, 0.4) is 0 Å². The van der Waals surface area contributed by atoms with Gasteiger partial charge in [0.2, 0.25) is 0 Å². The molecule has 0 aliphatic carbocycles. The first-order chi connectivity index (χ1) is 9.47. The van der Waals surface area contributed by atoms with E-state index in [0.29, 0.717) is 5.02 Å². The lowest BCUT2D eigenvalue weighted by atomic mass is 10.1. The van der Waals surface area contributed by atoms with E-state index in [4.69, 9.17) is 23.2 Å². The number of carbonyl (C=O) groups excluding carboxylic acids is 1. The third-order valence-corrected chi connectivity index (χ3v) is 3.15. The summed E-state index contributed by atoms with van der Waals surface area (Å²) < 4.78 is 26.1. The summed E-state index contributed by atoms with van der Waals surface area (Å²) in [5, 5.41) is 3.24. The molecule has 0 radical (unpaired) electrons. The van der Waals surface area contributed by atoms with Crippen LogP contribution < -0.4 is 5.32 Å². The van der Waals surface area contributed by atoms with E-state index in [2.05, 4.69) is 5.32 Å². The van der Waals surface area contributed by atoms with E-state index in [9.17, 15) is 13.6 Å². The second-order valence-electron chi connectivity index (χ2n) is 4.03. The normalized spacial score (nSPS) is 10.4. The number of Topliss-reactive ketones (excluding diaryl/α,β-unsaturated/α-hetero) is 1. The Hall–Kier alpha value is -1.65. The topological polar surface area (TPSA) is 29.1 Å². The minimum atomic E-state index is -0.764. The first kappa shape index (κ1) is 14.8. The Labute approximate surface area is 124 Å². The average molecular weight is 316 g/mol. The van der Waals surface area contributed by atoms with Gasteiger partial charge in [0, 0.05) is 16.7 Å². The van der Waals surface area contributed by atoms with Crippen LogP contribution in [0.15, 0.2) is 36.4 Å². The van der Waals surface area contributed by atoms with Gasteiger partial charge in [-0.1, -0.05) is 23.2 Å². The Morgan fingerprint density at radius 1 is 1.10 bits per heavy atom. The largest absolute Gasteiger partial charge is 0.375 e. The zero-order valence-corrected chi connectivity index (χ0v) is 11.6. The maximum Gasteiger partial charge on any atom is 0.183 e.